The van der Waals surface area contributed by atoms with Crippen molar-refractivity contribution in [2.24, 2.45) is 0 Å². The van der Waals surface area contributed by atoms with E-state index in [1.807, 2.05) is 50.3 Å². The number of esters is 4. The van der Waals surface area contributed by atoms with Crippen molar-refractivity contribution in [3.63, 3.8) is 0 Å². The van der Waals surface area contributed by atoms with Crippen molar-refractivity contribution < 1.29 is 57.6 Å². The van der Waals surface area contributed by atoms with E-state index in [-0.39, 0.29) is 69.0 Å². The largest absolute Gasteiger partial charge is 2.00 e. The summed E-state index contributed by atoms with van der Waals surface area (Å²) in [6.07, 6.45) is 5.87. The Morgan fingerprint density at radius 3 is 1.13 bits per heavy atom. The van der Waals surface area contributed by atoms with Crippen LogP contribution < -0.4 is 31.4 Å². The van der Waals surface area contributed by atoms with Crippen LogP contribution in [0.4, 0.5) is 0 Å². The van der Waals surface area contributed by atoms with E-state index >= 15 is 0 Å². The smallest absolute Gasteiger partial charge is 0.657 e. The van der Waals surface area contributed by atoms with Crippen molar-refractivity contribution in [2.45, 2.75) is 118 Å². The molecule has 7 rings (SSSR count). The zero-order valence-electron chi connectivity index (χ0n) is 47.3. The molecule has 1 aliphatic heterocycles. The Bertz CT molecular complexity index is 3430. The number of hydrogen-bond acceptors (Lipinski definition) is 8. The minimum Gasteiger partial charge on any atom is -0.657 e. The molecule has 5 heterocycles. The third-order valence-corrected chi connectivity index (χ3v) is 15.5. The van der Waals surface area contributed by atoms with Crippen molar-refractivity contribution in [1.82, 2.24) is 19.9 Å². The van der Waals surface area contributed by atoms with Gasteiger partial charge in [-0.15, -0.1) is 32.5 Å². The number of aromatic nitrogens is 4. The van der Waals surface area contributed by atoms with Crippen LogP contribution in [0, 0.1) is 50.6 Å². The fourth-order valence-corrected chi connectivity index (χ4v) is 10.7. The normalized spacial score (nSPS) is 14.3. The van der Waals surface area contributed by atoms with Crippen molar-refractivity contribution in [1.29, 1.82) is 0 Å². The maximum atomic E-state index is 13.0. The molecule has 6 aromatic rings. The number of nitrogens with zero attached hydrogens (tertiary/aromatic N) is 2. The number of nitrogens with one attached hydrogen (secondary N) is 2. The molecule has 0 amide bonds. The van der Waals surface area contributed by atoms with Gasteiger partial charge in [-0.2, -0.15) is 0 Å². The first kappa shape index (κ1) is 59.3. The van der Waals surface area contributed by atoms with E-state index in [2.05, 4.69) is 110 Å². The van der Waals surface area contributed by atoms with Crippen LogP contribution in [-0.4, -0.2) is 78.4 Å². The average molecular weight is 1120 g/mol. The molecule has 0 aliphatic carbocycles. The van der Waals surface area contributed by atoms with Crippen molar-refractivity contribution in [2.75, 3.05) is 28.4 Å². The molecule has 0 saturated carbocycles. The minimum atomic E-state index is -1.76. The maximum absolute atomic E-state index is 13.0. The van der Waals surface area contributed by atoms with Gasteiger partial charge in [0.05, 0.1) is 28.4 Å². The first-order chi connectivity index (χ1) is 36.0. The second kappa shape index (κ2) is 25.1. The van der Waals surface area contributed by atoms with Crippen molar-refractivity contribution in [3.05, 3.63) is 159 Å². The van der Waals surface area contributed by atoms with Gasteiger partial charge in [0.25, 0.3) is 0 Å². The standard InChI is InChI=1S/C62H70N4O8Si2.Zn/c1-37-45(21-25-53(67)71-5)49-35-50-47(23-27-55(69)73-7)39(3)61(65-50)58(44-20-16-18-42(34-44)30-32-76(12,13)14)62-40(4)48(24-28-56(70)74-8)52(66-62)36-51-46(22-26-54(68)72-6)38(2)60(64-51)57(59(37)63-49)43-19-15-17-41(33-43)29-31-75(9,10)11;/h15-20,33-36,63,66H,21-28H2,1-14H3;/q-2;+2/b49-35?,50-35-,51-36-,52-36?,59-57?,60-57-,61-58-,62-58?;. The van der Waals surface area contributed by atoms with Crippen LogP contribution in [0.5, 0.6) is 0 Å². The molecule has 0 unspecified atom stereocenters. The van der Waals surface area contributed by atoms with E-state index in [0.29, 0.717) is 47.1 Å². The van der Waals surface area contributed by atoms with Gasteiger partial charge in [-0.05, 0) is 122 Å². The van der Waals surface area contributed by atoms with Gasteiger partial charge < -0.3 is 38.9 Å². The second-order valence-electron chi connectivity index (χ2n) is 21.4. The second-order valence-corrected chi connectivity index (χ2v) is 30.9. The summed E-state index contributed by atoms with van der Waals surface area (Å²) in [5.74, 6) is 5.53. The van der Waals surface area contributed by atoms with Gasteiger partial charge in [-0.25, -0.2) is 0 Å². The van der Waals surface area contributed by atoms with Gasteiger partial charge in [-0.1, -0.05) is 110 Å². The molecular weight excluding hydrogens is 1050 g/mol. The van der Waals surface area contributed by atoms with Crippen LogP contribution in [0.2, 0.25) is 39.3 Å². The molecular formula is C62H70N4O8Si2Zn. The quantitative estimate of drug-likeness (QED) is 0.0511. The molecule has 396 valence electrons. The number of rotatable bonds is 14. The molecule has 77 heavy (non-hydrogen) atoms. The van der Waals surface area contributed by atoms with Crippen molar-refractivity contribution in [3.8, 4) is 22.9 Å². The van der Waals surface area contributed by atoms with Crippen LogP contribution in [0.3, 0.4) is 0 Å². The molecule has 4 aromatic heterocycles. The summed E-state index contributed by atoms with van der Waals surface area (Å²) < 4.78 is 20.8. The van der Waals surface area contributed by atoms with Gasteiger partial charge >= 0.3 is 43.4 Å². The SMILES string of the molecule is COC(=O)CCc1c2[nH]c(c1C)/C(c1cccc(C#C[Si](C)(C)C)c1)=c1\[n-]/c(c(CCC(=O)OC)c1C)=C\c1[nH]c(c(C)c1CCC(=O)OC)/C(c1cccc(C#C[Si](C)(C)C)c1)=c1\[n-]/c(c(CCC(=O)OC)c1C)=C\2.[Zn+2]. The Labute approximate surface area is 467 Å². The molecule has 8 bridgehead atoms. The molecule has 1 aliphatic rings. The number of fused-ring (bicyclic) bond motifs is 8. The number of benzene rings is 2. The number of hydrogen-bond donors (Lipinski definition) is 2. The van der Waals surface area contributed by atoms with Crippen molar-refractivity contribution >= 4 is 63.3 Å². The van der Waals surface area contributed by atoms with Crippen LogP contribution in [0.1, 0.15) is 115 Å². The summed E-state index contributed by atoms with van der Waals surface area (Å²) in [4.78, 5) is 70.9. The third-order valence-electron chi connectivity index (χ3n) is 13.8. The van der Waals surface area contributed by atoms with E-state index in [4.69, 9.17) is 28.9 Å². The Balaban J connectivity index is 0.00000961. The van der Waals surface area contributed by atoms with E-state index in [1.165, 1.54) is 28.4 Å². The van der Waals surface area contributed by atoms with Crippen LogP contribution in [-0.2, 0) is 83.3 Å². The van der Waals surface area contributed by atoms with Gasteiger partial charge in [0.2, 0.25) is 0 Å². The molecule has 2 N–H and O–H groups in total. The summed E-state index contributed by atoms with van der Waals surface area (Å²) in [6.45, 7) is 21.5. The van der Waals surface area contributed by atoms with Gasteiger partial charge in [0.1, 0.15) is 16.1 Å². The summed E-state index contributed by atoms with van der Waals surface area (Å²) in [5.41, 5.74) is 22.1. The number of ether oxygens (including phenoxy) is 4. The van der Waals surface area contributed by atoms with E-state index in [9.17, 15) is 19.2 Å². The van der Waals surface area contributed by atoms with Gasteiger partial charge in [0.15, 0.2) is 0 Å². The molecule has 12 nitrogen and oxygen atoms in total. The fourth-order valence-electron chi connectivity index (χ4n) is 9.69. The predicted molar refractivity (Wildman–Crippen MR) is 304 cm³/mol. The van der Waals surface area contributed by atoms with Crippen LogP contribution >= 0.6 is 0 Å². The molecule has 2 aromatic carbocycles. The first-order valence-electron chi connectivity index (χ1n) is 25.8. The summed E-state index contributed by atoms with van der Waals surface area (Å²) >= 11 is 0. The Kier molecular flexibility index (Phi) is 19.3. The zero-order valence-corrected chi connectivity index (χ0v) is 52.3. The maximum Gasteiger partial charge on any atom is 2.00 e. The summed E-state index contributed by atoms with van der Waals surface area (Å²) in [5, 5.41) is 2.67. The molecule has 0 atom stereocenters. The Morgan fingerprint density at radius 1 is 0.494 bits per heavy atom. The third kappa shape index (κ3) is 14.0. The molecule has 0 fully saturated rings. The van der Waals surface area contributed by atoms with Crippen LogP contribution in [0.15, 0.2) is 48.5 Å². The van der Waals surface area contributed by atoms with Gasteiger partial charge in [0, 0.05) is 59.6 Å². The summed E-state index contributed by atoms with van der Waals surface area (Å²) in [6, 6.07) is 16.4. The number of aromatic amines is 2. The predicted octanol–water partition coefficient (Wildman–Crippen LogP) is 6.83. The Morgan fingerprint density at radius 2 is 0.818 bits per heavy atom. The number of methoxy groups -OCH3 is 4. The molecule has 0 spiro atoms. The van der Waals surface area contributed by atoms with E-state index < -0.39 is 16.1 Å². The number of carbonyl (C=O) groups is 4. The number of carbonyl (C=O) groups excluding carboxylic acids is 4. The molecule has 15 heteroatoms. The molecule has 0 saturated heterocycles. The monoisotopic (exact) mass is 1120 g/mol. The Hall–Kier alpha value is -6.90. The first-order valence-corrected chi connectivity index (χ1v) is 32.8. The van der Waals surface area contributed by atoms with E-state index in [0.717, 1.165) is 101 Å². The van der Waals surface area contributed by atoms with Crippen LogP contribution in [0.25, 0.3) is 23.3 Å². The average Bonchev–Trinajstić information content (AvgIpc) is 4.08. The summed E-state index contributed by atoms with van der Waals surface area (Å²) in [7, 11) is 2.04. The minimum absolute atomic E-state index is 0. The zero-order chi connectivity index (χ0) is 55.2. The van der Waals surface area contributed by atoms with Gasteiger partial charge in [-0.3, -0.25) is 19.2 Å². The van der Waals surface area contributed by atoms with E-state index in [1.54, 1.807) is 0 Å². The topological polar surface area (TPSA) is 165 Å². The fraction of sp³-hybridized carbons (Fsp3) is 0.355. The molecule has 0 radical (unpaired) electrons. The number of H-pyrrole nitrogens is 2.